The average molecular weight is 285 g/mol. The molecule has 0 radical (unpaired) electrons. The van der Waals surface area contributed by atoms with Crippen LogP contribution in [0.2, 0.25) is 0 Å². The number of para-hydroxylation sites is 1. The van der Waals surface area contributed by atoms with Gasteiger partial charge in [0.1, 0.15) is 11.5 Å². The van der Waals surface area contributed by atoms with Crippen molar-refractivity contribution in [3.63, 3.8) is 0 Å². The summed E-state index contributed by atoms with van der Waals surface area (Å²) in [5.74, 6) is -0.436. The smallest absolute Gasteiger partial charge is 0.185 e. The molecule has 0 saturated carbocycles. The number of aryl methyl sites for hydroxylation is 1. The number of ketones is 1. The van der Waals surface area contributed by atoms with Gasteiger partial charge in [0.2, 0.25) is 0 Å². The van der Waals surface area contributed by atoms with Crippen LogP contribution in [-0.2, 0) is 0 Å². The summed E-state index contributed by atoms with van der Waals surface area (Å²) in [7, 11) is 0. The van der Waals surface area contributed by atoms with Crippen molar-refractivity contribution in [1.29, 1.82) is 0 Å². The van der Waals surface area contributed by atoms with E-state index in [-0.39, 0.29) is 29.4 Å². The number of phenolic OH excluding ortho intramolecular Hbond substituents is 2. The molecule has 0 aliphatic carbocycles. The number of phenols is 2. The van der Waals surface area contributed by atoms with Crippen molar-refractivity contribution >= 4 is 11.5 Å². The number of nitrogens with zero attached hydrogens (tertiary/aromatic N) is 1. The first-order valence-corrected chi connectivity index (χ1v) is 6.88. The number of aromatic hydroxyl groups is 2. The summed E-state index contributed by atoms with van der Waals surface area (Å²) in [6, 6.07) is 11.9. The number of hydrogen-bond acceptors (Lipinski definition) is 4. The normalized spacial score (nSPS) is 10.4. The van der Waals surface area contributed by atoms with E-state index in [2.05, 4.69) is 0 Å². The van der Waals surface area contributed by atoms with Gasteiger partial charge in [0.15, 0.2) is 5.78 Å². The van der Waals surface area contributed by atoms with E-state index in [9.17, 15) is 15.0 Å². The fraction of sp³-hybridized carbons (Fsp3) is 0.235. The highest BCUT2D eigenvalue weighted by Gasteiger charge is 2.16. The minimum absolute atomic E-state index is 0.0599. The summed E-state index contributed by atoms with van der Waals surface area (Å²) in [5, 5.41) is 19.1. The molecule has 2 aromatic rings. The molecule has 4 heteroatoms. The van der Waals surface area contributed by atoms with Crippen LogP contribution in [0.3, 0.4) is 0 Å². The molecule has 0 bridgehead atoms. The Morgan fingerprint density at radius 2 is 1.86 bits per heavy atom. The molecule has 0 aliphatic heterocycles. The van der Waals surface area contributed by atoms with Gasteiger partial charge in [-0.15, -0.1) is 0 Å². The Labute approximate surface area is 124 Å². The molecule has 0 spiro atoms. The summed E-state index contributed by atoms with van der Waals surface area (Å²) in [5.41, 5.74) is 2.33. The lowest BCUT2D eigenvalue weighted by Gasteiger charge is -2.24. The Morgan fingerprint density at radius 3 is 2.48 bits per heavy atom. The molecule has 0 amide bonds. The lowest BCUT2D eigenvalue weighted by atomic mass is 10.1. The van der Waals surface area contributed by atoms with E-state index < -0.39 is 0 Å². The highest BCUT2D eigenvalue weighted by atomic mass is 16.3. The van der Waals surface area contributed by atoms with Gasteiger partial charge in [-0.1, -0.05) is 18.2 Å². The lowest BCUT2D eigenvalue weighted by Crippen LogP contribution is -2.30. The zero-order valence-electron chi connectivity index (χ0n) is 12.2. The Bertz CT molecular complexity index is 652. The third kappa shape index (κ3) is 3.34. The van der Waals surface area contributed by atoms with Crippen molar-refractivity contribution in [1.82, 2.24) is 0 Å². The number of rotatable bonds is 5. The monoisotopic (exact) mass is 285 g/mol. The molecule has 110 valence electrons. The number of anilines is 1. The SMILES string of the molecule is CCN(CC(=O)c1ccc(O)cc1O)c1ccccc1C. The van der Waals surface area contributed by atoms with Gasteiger partial charge >= 0.3 is 0 Å². The Kier molecular flexibility index (Phi) is 4.48. The van der Waals surface area contributed by atoms with E-state index >= 15 is 0 Å². The minimum atomic E-state index is -0.194. The van der Waals surface area contributed by atoms with E-state index in [1.54, 1.807) is 0 Å². The minimum Gasteiger partial charge on any atom is -0.508 e. The Hall–Kier alpha value is -2.49. The topological polar surface area (TPSA) is 60.8 Å². The second kappa shape index (κ2) is 6.31. The van der Waals surface area contributed by atoms with Crippen LogP contribution in [0.5, 0.6) is 11.5 Å². The summed E-state index contributed by atoms with van der Waals surface area (Å²) in [6.45, 7) is 4.85. The van der Waals surface area contributed by atoms with Crippen LogP contribution in [-0.4, -0.2) is 29.1 Å². The maximum absolute atomic E-state index is 12.3. The molecular formula is C17H19NO3. The number of hydrogen-bond donors (Lipinski definition) is 2. The van der Waals surface area contributed by atoms with Crippen LogP contribution in [0.15, 0.2) is 42.5 Å². The van der Waals surface area contributed by atoms with Gasteiger partial charge < -0.3 is 15.1 Å². The highest BCUT2D eigenvalue weighted by molar-refractivity contribution is 6.01. The Morgan fingerprint density at radius 1 is 1.14 bits per heavy atom. The molecule has 2 N–H and O–H groups in total. The third-order valence-electron chi connectivity index (χ3n) is 3.45. The molecule has 0 aliphatic rings. The van der Waals surface area contributed by atoms with Gasteiger partial charge in [0.05, 0.1) is 12.1 Å². The molecule has 0 heterocycles. The zero-order chi connectivity index (χ0) is 15.4. The van der Waals surface area contributed by atoms with Gasteiger partial charge in [-0.3, -0.25) is 4.79 Å². The van der Waals surface area contributed by atoms with Gasteiger partial charge in [-0.05, 0) is 37.6 Å². The molecule has 0 saturated heterocycles. The first-order valence-electron chi connectivity index (χ1n) is 6.88. The van der Waals surface area contributed by atoms with Crippen LogP contribution in [0.4, 0.5) is 5.69 Å². The van der Waals surface area contributed by atoms with Crippen molar-refractivity contribution in [2.24, 2.45) is 0 Å². The zero-order valence-corrected chi connectivity index (χ0v) is 12.2. The number of Topliss-reactive ketones (excluding diaryl/α,β-unsaturated/α-hetero) is 1. The summed E-state index contributed by atoms with van der Waals surface area (Å²) in [4.78, 5) is 14.3. The first kappa shape index (κ1) is 14.9. The fourth-order valence-corrected chi connectivity index (χ4v) is 2.30. The van der Waals surface area contributed by atoms with E-state index in [4.69, 9.17) is 0 Å². The predicted molar refractivity (Wildman–Crippen MR) is 83.2 cm³/mol. The fourth-order valence-electron chi connectivity index (χ4n) is 2.30. The molecule has 0 unspecified atom stereocenters. The quantitative estimate of drug-likeness (QED) is 0.829. The summed E-state index contributed by atoms with van der Waals surface area (Å²) >= 11 is 0. The van der Waals surface area contributed by atoms with Crippen LogP contribution in [0.1, 0.15) is 22.8 Å². The maximum atomic E-state index is 12.3. The highest BCUT2D eigenvalue weighted by Crippen LogP contribution is 2.24. The van der Waals surface area contributed by atoms with Crippen molar-refractivity contribution < 1.29 is 15.0 Å². The molecule has 4 nitrogen and oxygen atoms in total. The van der Waals surface area contributed by atoms with Crippen LogP contribution in [0.25, 0.3) is 0 Å². The van der Waals surface area contributed by atoms with Crippen molar-refractivity contribution in [3.8, 4) is 11.5 Å². The van der Waals surface area contributed by atoms with Gasteiger partial charge in [-0.25, -0.2) is 0 Å². The predicted octanol–water partition coefficient (Wildman–Crippen LogP) is 3.12. The van der Waals surface area contributed by atoms with E-state index in [0.29, 0.717) is 6.54 Å². The van der Waals surface area contributed by atoms with Gasteiger partial charge in [-0.2, -0.15) is 0 Å². The summed E-state index contributed by atoms with van der Waals surface area (Å²) in [6.07, 6.45) is 0. The molecule has 2 aromatic carbocycles. The molecule has 0 atom stereocenters. The average Bonchev–Trinajstić information content (AvgIpc) is 2.45. The van der Waals surface area contributed by atoms with Crippen LogP contribution >= 0.6 is 0 Å². The van der Waals surface area contributed by atoms with E-state index in [1.807, 2.05) is 43.0 Å². The molecule has 0 fully saturated rings. The van der Waals surface area contributed by atoms with E-state index in [0.717, 1.165) is 11.3 Å². The standard InChI is InChI=1S/C17H19NO3/c1-3-18(15-7-5-4-6-12(15)2)11-17(21)14-9-8-13(19)10-16(14)20/h4-10,19-20H,3,11H2,1-2H3. The van der Waals surface area contributed by atoms with Gasteiger partial charge in [0.25, 0.3) is 0 Å². The maximum Gasteiger partial charge on any atom is 0.185 e. The van der Waals surface area contributed by atoms with Crippen molar-refractivity contribution in [2.75, 3.05) is 18.0 Å². The van der Waals surface area contributed by atoms with Gasteiger partial charge in [0, 0.05) is 18.3 Å². The third-order valence-corrected chi connectivity index (χ3v) is 3.45. The second-order valence-corrected chi connectivity index (χ2v) is 4.93. The summed E-state index contributed by atoms with van der Waals surface area (Å²) < 4.78 is 0. The number of likely N-dealkylation sites (N-methyl/N-ethyl adjacent to an activating group) is 1. The first-order chi connectivity index (χ1) is 10.0. The molecular weight excluding hydrogens is 266 g/mol. The van der Waals surface area contributed by atoms with Crippen LogP contribution < -0.4 is 4.90 Å². The Balaban J connectivity index is 2.23. The number of benzene rings is 2. The van der Waals surface area contributed by atoms with Crippen molar-refractivity contribution in [2.45, 2.75) is 13.8 Å². The number of carbonyl (C=O) groups is 1. The number of carbonyl (C=O) groups excluding carboxylic acids is 1. The molecule has 2 rings (SSSR count). The van der Waals surface area contributed by atoms with Crippen LogP contribution in [0, 0.1) is 6.92 Å². The largest absolute Gasteiger partial charge is 0.508 e. The van der Waals surface area contributed by atoms with E-state index in [1.165, 1.54) is 18.2 Å². The molecule has 0 aromatic heterocycles. The van der Waals surface area contributed by atoms with Crippen molar-refractivity contribution in [3.05, 3.63) is 53.6 Å². The molecule has 21 heavy (non-hydrogen) atoms. The lowest BCUT2D eigenvalue weighted by molar-refractivity contribution is 0.0996. The second-order valence-electron chi connectivity index (χ2n) is 4.93.